The van der Waals surface area contributed by atoms with Crippen LogP contribution in [0.25, 0.3) is 10.9 Å². The Morgan fingerprint density at radius 2 is 1.96 bits per heavy atom. The number of aryl methyl sites for hydroxylation is 1. The molecular weight excluding hydrogens is 360 g/mol. The number of nitrogens with zero attached hydrogens (tertiary/aromatic N) is 1. The van der Waals surface area contributed by atoms with Crippen LogP contribution in [0.15, 0.2) is 29.4 Å². The molecule has 0 saturated carbocycles. The highest BCUT2D eigenvalue weighted by Gasteiger charge is 2.28. The van der Waals surface area contributed by atoms with Gasteiger partial charge in [0.1, 0.15) is 0 Å². The van der Waals surface area contributed by atoms with E-state index in [1.807, 2.05) is 6.92 Å². The minimum Gasteiger partial charge on any atom is -0.361 e. The molecular formula is C20H32N4O2S. The molecule has 0 aliphatic heterocycles. The third-order valence-corrected chi connectivity index (χ3v) is 7.18. The second-order valence-electron chi connectivity index (χ2n) is 7.68. The van der Waals surface area contributed by atoms with Crippen LogP contribution in [0.4, 0.5) is 0 Å². The normalized spacial score (nSPS) is 13.1. The predicted octanol–water partition coefficient (Wildman–Crippen LogP) is 2.79. The van der Waals surface area contributed by atoms with Gasteiger partial charge in [0.2, 0.25) is 0 Å². The van der Waals surface area contributed by atoms with Crippen LogP contribution in [0.2, 0.25) is 0 Å². The smallest absolute Gasteiger partial charge is 0.191 e. The van der Waals surface area contributed by atoms with Gasteiger partial charge in [-0.25, -0.2) is 8.42 Å². The van der Waals surface area contributed by atoms with Crippen LogP contribution >= 0.6 is 0 Å². The average molecular weight is 393 g/mol. The zero-order valence-electron chi connectivity index (χ0n) is 17.0. The van der Waals surface area contributed by atoms with E-state index in [2.05, 4.69) is 51.9 Å². The van der Waals surface area contributed by atoms with E-state index in [9.17, 15) is 8.42 Å². The standard InChI is InChI=1S/C20H32N4O2S/c1-6-21-19(23-12-13-27(25,26)20(3,4)5)22-11-10-16-14-24-17-9-7-8-15(2)18(16)17/h7-9,14,24H,6,10-13H2,1-5H3,(H2,21,22,23). The Kier molecular flexibility index (Phi) is 6.92. The minimum absolute atomic E-state index is 0.0503. The van der Waals surface area contributed by atoms with Crippen LogP contribution < -0.4 is 10.6 Å². The summed E-state index contributed by atoms with van der Waals surface area (Å²) in [5, 5.41) is 7.75. The Bertz CT molecular complexity index is 892. The number of H-pyrrole nitrogens is 1. The summed E-state index contributed by atoms with van der Waals surface area (Å²) in [6.45, 7) is 11.0. The Morgan fingerprint density at radius 3 is 2.63 bits per heavy atom. The lowest BCUT2D eigenvalue weighted by molar-refractivity contribution is 0.560. The summed E-state index contributed by atoms with van der Waals surface area (Å²) >= 11 is 0. The van der Waals surface area contributed by atoms with Crippen LogP contribution in [0.3, 0.4) is 0 Å². The summed E-state index contributed by atoms with van der Waals surface area (Å²) in [6, 6.07) is 6.26. The molecule has 7 heteroatoms. The monoisotopic (exact) mass is 392 g/mol. The molecule has 0 aliphatic carbocycles. The van der Waals surface area contributed by atoms with E-state index in [1.165, 1.54) is 16.5 Å². The summed E-state index contributed by atoms with van der Waals surface area (Å²) in [7, 11) is -3.16. The summed E-state index contributed by atoms with van der Waals surface area (Å²) in [5.74, 6) is 0.701. The van der Waals surface area contributed by atoms with Gasteiger partial charge in [0.25, 0.3) is 0 Å². The fraction of sp³-hybridized carbons (Fsp3) is 0.550. The van der Waals surface area contributed by atoms with Gasteiger partial charge in [-0.05, 0) is 58.2 Å². The van der Waals surface area contributed by atoms with E-state index in [0.29, 0.717) is 5.96 Å². The number of benzene rings is 1. The molecule has 0 amide bonds. The minimum atomic E-state index is -3.16. The maximum Gasteiger partial charge on any atom is 0.191 e. The topological polar surface area (TPSA) is 86.3 Å². The van der Waals surface area contributed by atoms with Gasteiger partial charge in [-0.15, -0.1) is 0 Å². The van der Waals surface area contributed by atoms with Gasteiger partial charge in [-0.1, -0.05) is 12.1 Å². The Hall–Kier alpha value is -2.02. The van der Waals surface area contributed by atoms with Crippen molar-refractivity contribution in [3.8, 4) is 0 Å². The number of hydrogen-bond acceptors (Lipinski definition) is 3. The number of aromatic amines is 1. The number of aliphatic imine (C=N–C) groups is 1. The SMILES string of the molecule is CCNC(=NCCS(=O)(=O)C(C)(C)C)NCCc1c[nH]c2cccc(C)c12. The van der Waals surface area contributed by atoms with Gasteiger partial charge < -0.3 is 15.6 Å². The average Bonchev–Trinajstić information content (AvgIpc) is 2.98. The lowest BCUT2D eigenvalue weighted by Gasteiger charge is -2.18. The molecule has 150 valence electrons. The predicted molar refractivity (Wildman–Crippen MR) is 114 cm³/mol. The van der Waals surface area contributed by atoms with Crippen molar-refractivity contribution in [2.45, 2.75) is 45.8 Å². The quantitative estimate of drug-likeness (QED) is 0.499. The van der Waals surface area contributed by atoms with E-state index in [4.69, 9.17) is 0 Å². The molecule has 2 aromatic rings. The molecule has 0 spiro atoms. The van der Waals surface area contributed by atoms with Gasteiger partial charge in [-0.2, -0.15) is 0 Å². The molecule has 1 heterocycles. The second kappa shape index (κ2) is 8.78. The van der Waals surface area contributed by atoms with Crippen LogP contribution in [0.1, 0.15) is 38.8 Å². The lowest BCUT2D eigenvalue weighted by atomic mass is 10.1. The molecule has 0 unspecified atom stereocenters. The van der Waals surface area contributed by atoms with Crippen molar-refractivity contribution in [1.82, 2.24) is 15.6 Å². The Labute approximate surface area is 162 Å². The van der Waals surface area contributed by atoms with Crippen molar-refractivity contribution < 1.29 is 8.42 Å². The van der Waals surface area contributed by atoms with Crippen molar-refractivity contribution in [2.75, 3.05) is 25.4 Å². The van der Waals surface area contributed by atoms with E-state index in [-0.39, 0.29) is 12.3 Å². The fourth-order valence-electron chi connectivity index (χ4n) is 2.89. The van der Waals surface area contributed by atoms with Crippen LogP contribution in [-0.4, -0.2) is 49.5 Å². The number of sulfone groups is 1. The van der Waals surface area contributed by atoms with Gasteiger partial charge in [0, 0.05) is 30.2 Å². The molecule has 0 radical (unpaired) electrons. The number of aromatic nitrogens is 1. The highest BCUT2D eigenvalue weighted by atomic mass is 32.2. The summed E-state index contributed by atoms with van der Waals surface area (Å²) in [6.07, 6.45) is 2.91. The largest absolute Gasteiger partial charge is 0.361 e. The summed E-state index contributed by atoms with van der Waals surface area (Å²) < 4.78 is 23.7. The molecule has 1 aromatic heterocycles. The first-order valence-corrected chi connectivity index (χ1v) is 11.1. The molecule has 0 saturated heterocycles. The molecule has 6 nitrogen and oxygen atoms in total. The van der Waals surface area contributed by atoms with Crippen molar-refractivity contribution >= 4 is 26.7 Å². The fourth-order valence-corrected chi connectivity index (χ4v) is 3.83. The van der Waals surface area contributed by atoms with Crippen LogP contribution in [0, 0.1) is 6.92 Å². The van der Waals surface area contributed by atoms with E-state index < -0.39 is 14.6 Å². The first kappa shape index (κ1) is 21.3. The summed E-state index contributed by atoms with van der Waals surface area (Å²) in [5.41, 5.74) is 3.68. The van der Waals surface area contributed by atoms with E-state index in [0.717, 1.165) is 25.0 Å². The molecule has 0 fully saturated rings. The zero-order valence-corrected chi connectivity index (χ0v) is 17.8. The first-order valence-electron chi connectivity index (χ1n) is 9.46. The van der Waals surface area contributed by atoms with E-state index in [1.54, 1.807) is 20.8 Å². The van der Waals surface area contributed by atoms with Crippen LogP contribution in [-0.2, 0) is 16.3 Å². The van der Waals surface area contributed by atoms with Gasteiger partial charge in [0.05, 0.1) is 17.0 Å². The Morgan fingerprint density at radius 1 is 1.22 bits per heavy atom. The number of rotatable bonds is 7. The van der Waals surface area contributed by atoms with Crippen molar-refractivity contribution in [2.24, 2.45) is 4.99 Å². The molecule has 27 heavy (non-hydrogen) atoms. The maximum atomic E-state index is 12.2. The van der Waals surface area contributed by atoms with Crippen molar-refractivity contribution in [3.63, 3.8) is 0 Å². The lowest BCUT2D eigenvalue weighted by Crippen LogP contribution is -2.39. The molecule has 1 aromatic carbocycles. The van der Waals surface area contributed by atoms with E-state index >= 15 is 0 Å². The zero-order chi connectivity index (χ0) is 20.1. The van der Waals surface area contributed by atoms with Crippen molar-refractivity contribution in [1.29, 1.82) is 0 Å². The molecule has 0 aliphatic rings. The maximum absolute atomic E-state index is 12.2. The highest BCUT2D eigenvalue weighted by Crippen LogP contribution is 2.22. The summed E-state index contributed by atoms with van der Waals surface area (Å²) in [4.78, 5) is 7.74. The number of guanidine groups is 1. The number of nitrogens with one attached hydrogen (secondary N) is 3. The van der Waals surface area contributed by atoms with Gasteiger partial charge >= 0.3 is 0 Å². The second-order valence-corrected chi connectivity index (χ2v) is 10.5. The molecule has 2 rings (SSSR count). The van der Waals surface area contributed by atoms with Gasteiger partial charge in [0.15, 0.2) is 15.8 Å². The van der Waals surface area contributed by atoms with Crippen molar-refractivity contribution in [3.05, 3.63) is 35.5 Å². The molecule has 3 N–H and O–H groups in total. The van der Waals surface area contributed by atoms with Crippen LogP contribution in [0.5, 0.6) is 0 Å². The number of hydrogen-bond donors (Lipinski definition) is 3. The third-order valence-electron chi connectivity index (χ3n) is 4.59. The number of fused-ring (bicyclic) bond motifs is 1. The molecule has 0 atom stereocenters. The first-order chi connectivity index (χ1) is 12.7. The molecule has 0 bridgehead atoms. The Balaban J connectivity index is 1.96. The van der Waals surface area contributed by atoms with Gasteiger partial charge in [-0.3, -0.25) is 4.99 Å². The third kappa shape index (κ3) is 5.48. The highest BCUT2D eigenvalue weighted by molar-refractivity contribution is 7.92.